The number of ether oxygens (including phenoxy) is 2. The van der Waals surface area contributed by atoms with Crippen LogP contribution < -0.4 is 5.32 Å². The molecule has 9 nitrogen and oxygen atoms in total. The second-order valence-corrected chi connectivity index (χ2v) is 10.2. The molecule has 0 saturated carbocycles. The van der Waals surface area contributed by atoms with Crippen LogP contribution in [0.3, 0.4) is 0 Å². The largest absolute Gasteiger partial charge is 0.394 e. The number of unbranched alkanes of at least 4 members (excludes halogenated alkanes) is 3. The van der Waals surface area contributed by atoms with Crippen LogP contribution in [0.25, 0.3) is 0 Å². The predicted molar refractivity (Wildman–Crippen MR) is 161 cm³/mol. The summed E-state index contributed by atoms with van der Waals surface area (Å²) in [5.41, 5.74) is 0. The van der Waals surface area contributed by atoms with Gasteiger partial charge in [0.2, 0.25) is 5.91 Å². The van der Waals surface area contributed by atoms with E-state index in [4.69, 9.17) is 9.47 Å². The van der Waals surface area contributed by atoms with Crippen molar-refractivity contribution in [2.75, 3.05) is 13.2 Å². The van der Waals surface area contributed by atoms with Gasteiger partial charge in [0.1, 0.15) is 24.4 Å². The summed E-state index contributed by atoms with van der Waals surface area (Å²) in [6.45, 7) is 3.35. The van der Waals surface area contributed by atoms with Crippen LogP contribution in [0.1, 0.15) is 78.1 Å². The molecule has 0 aliphatic carbocycles. The van der Waals surface area contributed by atoms with Crippen molar-refractivity contribution in [2.45, 2.75) is 121 Å². The number of aliphatic hydroxyl groups is 5. The van der Waals surface area contributed by atoms with E-state index in [1.165, 1.54) is 0 Å². The van der Waals surface area contributed by atoms with Gasteiger partial charge in [0.05, 0.1) is 25.4 Å². The van der Waals surface area contributed by atoms with E-state index in [-0.39, 0.29) is 18.9 Å². The maximum atomic E-state index is 12.6. The van der Waals surface area contributed by atoms with Gasteiger partial charge in [-0.05, 0) is 51.4 Å². The van der Waals surface area contributed by atoms with Gasteiger partial charge >= 0.3 is 0 Å². The second-order valence-electron chi connectivity index (χ2n) is 10.2. The molecule has 0 aromatic carbocycles. The van der Waals surface area contributed by atoms with Gasteiger partial charge in [-0.15, -0.1) is 0 Å². The van der Waals surface area contributed by atoms with Gasteiger partial charge in [0.15, 0.2) is 6.29 Å². The van der Waals surface area contributed by atoms with Crippen LogP contribution in [0.2, 0.25) is 0 Å². The minimum absolute atomic E-state index is 0.214. The number of carbonyl (C=O) groups excluding carboxylic acids is 1. The van der Waals surface area contributed by atoms with Crippen molar-refractivity contribution in [3.63, 3.8) is 0 Å². The zero-order valence-electron chi connectivity index (χ0n) is 24.8. The third kappa shape index (κ3) is 16.2. The summed E-state index contributed by atoms with van der Waals surface area (Å²) >= 11 is 0. The van der Waals surface area contributed by atoms with Crippen molar-refractivity contribution in [2.24, 2.45) is 0 Å². The van der Waals surface area contributed by atoms with Crippen molar-refractivity contribution < 1.29 is 39.8 Å². The highest BCUT2D eigenvalue weighted by molar-refractivity contribution is 5.76. The van der Waals surface area contributed by atoms with E-state index in [1.54, 1.807) is 6.08 Å². The number of aliphatic hydroxyl groups excluding tert-OH is 5. The Morgan fingerprint density at radius 3 is 2.10 bits per heavy atom. The molecule has 41 heavy (non-hydrogen) atoms. The molecule has 0 spiro atoms. The standard InChI is InChI=1S/C32H53NO8/c1-3-5-7-8-9-10-11-12-13-14-15-16-17-18-20-22-28(36)33-25(26(35)21-19-6-4-2)24-40-32-31(39)30(38)29(37)27(23-34)41-32/h5,7,9-10,12-13,15-16,19,21,25-27,29-32,34-35,37-39H,3-4,6,8,11,14,17-18,20,22-24H2,1-2H3,(H,33,36)/b7-5-,10-9-,13-12-,16-15-,21-19+. The molecular formula is C32H53NO8. The first-order chi connectivity index (χ1) is 19.8. The lowest BCUT2D eigenvalue weighted by atomic mass is 9.99. The second kappa shape index (κ2) is 23.5. The molecular weight excluding hydrogens is 526 g/mol. The van der Waals surface area contributed by atoms with Crippen LogP contribution in [-0.2, 0) is 14.3 Å². The number of carbonyl (C=O) groups is 1. The van der Waals surface area contributed by atoms with Gasteiger partial charge in [-0.1, -0.05) is 81.0 Å². The van der Waals surface area contributed by atoms with E-state index in [1.807, 2.05) is 13.0 Å². The highest BCUT2D eigenvalue weighted by atomic mass is 16.7. The van der Waals surface area contributed by atoms with E-state index >= 15 is 0 Å². The molecule has 1 amide bonds. The Kier molecular flexibility index (Phi) is 21.1. The Bertz CT molecular complexity index is 823. The average Bonchev–Trinajstić information content (AvgIpc) is 2.96. The summed E-state index contributed by atoms with van der Waals surface area (Å²) in [5, 5.41) is 52.9. The zero-order valence-corrected chi connectivity index (χ0v) is 24.8. The fourth-order valence-electron chi connectivity index (χ4n) is 4.09. The topological polar surface area (TPSA) is 149 Å². The lowest BCUT2D eigenvalue weighted by Crippen LogP contribution is -2.60. The van der Waals surface area contributed by atoms with Crippen molar-refractivity contribution in [3.05, 3.63) is 60.8 Å². The van der Waals surface area contributed by atoms with Gasteiger partial charge in [-0.25, -0.2) is 0 Å². The van der Waals surface area contributed by atoms with Gasteiger partial charge in [-0.2, -0.15) is 0 Å². The molecule has 6 N–H and O–H groups in total. The summed E-state index contributed by atoms with van der Waals surface area (Å²) in [5.74, 6) is -0.236. The normalized spacial score (nSPS) is 25.3. The highest BCUT2D eigenvalue weighted by Crippen LogP contribution is 2.22. The molecule has 7 atom stereocenters. The SMILES string of the molecule is CC/C=C\C/C=C\C/C=C\C/C=C\CCCCC(=O)NC(COC1OC(CO)C(O)C(O)C1O)C(O)/C=C/CCC. The number of allylic oxidation sites excluding steroid dienone is 9. The molecule has 1 aliphatic heterocycles. The molecule has 7 unspecified atom stereocenters. The zero-order chi connectivity index (χ0) is 30.3. The lowest BCUT2D eigenvalue weighted by molar-refractivity contribution is -0.302. The van der Waals surface area contributed by atoms with Crippen LogP contribution in [0.4, 0.5) is 0 Å². The van der Waals surface area contributed by atoms with Crippen molar-refractivity contribution in [1.29, 1.82) is 0 Å². The Morgan fingerprint density at radius 2 is 1.49 bits per heavy atom. The Hall–Kier alpha value is -2.11. The van der Waals surface area contributed by atoms with Crippen molar-refractivity contribution >= 4 is 5.91 Å². The number of hydrogen-bond acceptors (Lipinski definition) is 8. The average molecular weight is 580 g/mol. The van der Waals surface area contributed by atoms with Crippen LogP contribution >= 0.6 is 0 Å². The van der Waals surface area contributed by atoms with E-state index in [9.17, 15) is 30.3 Å². The van der Waals surface area contributed by atoms with Crippen molar-refractivity contribution in [3.8, 4) is 0 Å². The maximum Gasteiger partial charge on any atom is 0.220 e. The summed E-state index contributed by atoms with van der Waals surface area (Å²) in [6, 6.07) is -0.822. The first-order valence-electron chi connectivity index (χ1n) is 15.0. The summed E-state index contributed by atoms with van der Waals surface area (Å²) in [7, 11) is 0. The summed E-state index contributed by atoms with van der Waals surface area (Å²) in [6.07, 6.45) is 20.7. The molecule has 9 heteroatoms. The number of hydrogen-bond donors (Lipinski definition) is 6. The Morgan fingerprint density at radius 1 is 0.854 bits per heavy atom. The molecule has 1 heterocycles. The maximum absolute atomic E-state index is 12.6. The molecule has 1 rings (SSSR count). The van der Waals surface area contributed by atoms with Crippen molar-refractivity contribution in [1.82, 2.24) is 5.32 Å². The molecule has 234 valence electrons. The fourth-order valence-corrected chi connectivity index (χ4v) is 4.09. The monoisotopic (exact) mass is 579 g/mol. The molecule has 0 radical (unpaired) electrons. The quantitative estimate of drug-likeness (QED) is 0.0896. The first-order valence-corrected chi connectivity index (χ1v) is 15.0. The van der Waals surface area contributed by atoms with Crippen LogP contribution in [0, 0.1) is 0 Å². The van der Waals surface area contributed by atoms with E-state index in [0.29, 0.717) is 6.42 Å². The molecule has 0 aromatic heterocycles. The minimum atomic E-state index is -1.57. The highest BCUT2D eigenvalue weighted by Gasteiger charge is 2.44. The Labute approximate surface area is 246 Å². The molecule has 0 aromatic rings. The third-order valence-corrected chi connectivity index (χ3v) is 6.58. The van der Waals surface area contributed by atoms with Gasteiger partial charge in [-0.3, -0.25) is 4.79 Å². The van der Waals surface area contributed by atoms with Crippen LogP contribution in [-0.4, -0.2) is 87.5 Å². The minimum Gasteiger partial charge on any atom is -0.394 e. The fraction of sp³-hybridized carbons (Fsp3) is 0.656. The third-order valence-electron chi connectivity index (χ3n) is 6.58. The van der Waals surface area contributed by atoms with E-state index in [0.717, 1.165) is 51.4 Å². The van der Waals surface area contributed by atoms with Gasteiger partial charge < -0.3 is 40.3 Å². The predicted octanol–water partition coefficient (Wildman–Crippen LogP) is 3.37. The first kappa shape index (κ1) is 36.9. The summed E-state index contributed by atoms with van der Waals surface area (Å²) in [4.78, 5) is 12.6. The molecule has 1 fully saturated rings. The van der Waals surface area contributed by atoms with E-state index < -0.39 is 49.5 Å². The summed E-state index contributed by atoms with van der Waals surface area (Å²) < 4.78 is 10.9. The number of nitrogens with one attached hydrogen (secondary N) is 1. The van der Waals surface area contributed by atoms with Gasteiger partial charge in [0.25, 0.3) is 0 Å². The Balaban J connectivity index is 2.44. The lowest BCUT2D eigenvalue weighted by Gasteiger charge is -2.40. The molecule has 1 aliphatic rings. The number of amides is 1. The van der Waals surface area contributed by atoms with E-state index in [2.05, 4.69) is 60.8 Å². The molecule has 1 saturated heterocycles. The van der Waals surface area contributed by atoms with Gasteiger partial charge in [0, 0.05) is 6.42 Å². The smallest absolute Gasteiger partial charge is 0.220 e. The van der Waals surface area contributed by atoms with Crippen LogP contribution in [0.5, 0.6) is 0 Å². The molecule has 0 bridgehead atoms. The number of rotatable bonds is 21. The van der Waals surface area contributed by atoms with Crippen LogP contribution in [0.15, 0.2) is 60.8 Å².